The van der Waals surface area contributed by atoms with Crippen LogP contribution in [0, 0.1) is 0 Å². The second-order valence-corrected chi connectivity index (χ2v) is 2.89. The highest BCUT2D eigenvalue weighted by atomic mass is 16.5. The predicted molar refractivity (Wildman–Crippen MR) is 52.9 cm³/mol. The van der Waals surface area contributed by atoms with Crippen molar-refractivity contribution in [3.8, 4) is 17.2 Å². The summed E-state index contributed by atoms with van der Waals surface area (Å²) >= 11 is 0. The Morgan fingerprint density at radius 3 is 2.38 bits per heavy atom. The van der Waals surface area contributed by atoms with E-state index in [0.717, 1.165) is 6.92 Å². The van der Waals surface area contributed by atoms with Crippen LogP contribution < -0.4 is 9.47 Å². The minimum absolute atomic E-state index is 0.0289. The van der Waals surface area contributed by atoms with Gasteiger partial charge in [-0.2, -0.15) is 0 Å². The molecule has 16 heavy (non-hydrogen) atoms. The highest BCUT2D eigenvalue weighted by Crippen LogP contribution is 2.38. The average molecular weight is 226 g/mol. The van der Waals surface area contributed by atoms with Crippen molar-refractivity contribution in [3.05, 3.63) is 17.7 Å². The quantitative estimate of drug-likeness (QED) is 0.590. The number of aromatic hydroxyl groups is 1. The molecule has 0 saturated heterocycles. The van der Waals surface area contributed by atoms with Gasteiger partial charge in [-0.25, -0.2) is 4.79 Å². The van der Waals surface area contributed by atoms with E-state index < -0.39 is 23.4 Å². The normalized spacial score (nSPS) is 9.62. The third-order valence-corrected chi connectivity index (χ3v) is 1.79. The number of hydrogen-bond donors (Lipinski definition) is 2. The van der Waals surface area contributed by atoms with E-state index in [1.54, 1.807) is 0 Å². The Kier molecular flexibility index (Phi) is 3.34. The number of benzene rings is 1. The number of esters is 1. The van der Waals surface area contributed by atoms with Crippen LogP contribution in [-0.2, 0) is 4.79 Å². The van der Waals surface area contributed by atoms with E-state index in [2.05, 4.69) is 4.74 Å². The first-order chi connectivity index (χ1) is 7.47. The zero-order valence-corrected chi connectivity index (χ0v) is 8.68. The van der Waals surface area contributed by atoms with Crippen LogP contribution in [-0.4, -0.2) is 29.3 Å². The third kappa shape index (κ3) is 2.22. The van der Waals surface area contributed by atoms with Gasteiger partial charge in [0.2, 0.25) is 5.75 Å². The number of ether oxygens (including phenoxy) is 2. The Morgan fingerprint density at radius 1 is 1.31 bits per heavy atom. The summed E-state index contributed by atoms with van der Waals surface area (Å²) in [7, 11) is 1.30. The number of carboxylic acids is 1. The molecule has 86 valence electrons. The van der Waals surface area contributed by atoms with Gasteiger partial charge in [0.15, 0.2) is 11.5 Å². The van der Waals surface area contributed by atoms with Gasteiger partial charge in [0.05, 0.1) is 7.11 Å². The molecule has 0 aliphatic carbocycles. The van der Waals surface area contributed by atoms with Crippen LogP contribution in [0.15, 0.2) is 12.1 Å². The fraction of sp³-hybridized carbons (Fsp3) is 0.200. The molecule has 6 heteroatoms. The van der Waals surface area contributed by atoms with Crippen molar-refractivity contribution in [1.29, 1.82) is 0 Å². The number of phenols is 1. The van der Waals surface area contributed by atoms with Crippen molar-refractivity contribution in [2.45, 2.75) is 6.92 Å². The molecular formula is C10H10O6. The van der Waals surface area contributed by atoms with Gasteiger partial charge < -0.3 is 19.7 Å². The third-order valence-electron chi connectivity index (χ3n) is 1.79. The minimum atomic E-state index is -1.31. The number of phenolic OH excluding ortho intramolecular Hbond substituents is 1. The van der Waals surface area contributed by atoms with Crippen molar-refractivity contribution < 1.29 is 29.3 Å². The Bertz CT molecular complexity index is 437. The maximum absolute atomic E-state index is 10.8. The molecule has 0 amide bonds. The smallest absolute Gasteiger partial charge is 0.339 e. The van der Waals surface area contributed by atoms with Crippen LogP contribution in [0.5, 0.6) is 17.2 Å². The molecule has 1 aromatic carbocycles. The number of rotatable bonds is 3. The summed E-state index contributed by atoms with van der Waals surface area (Å²) in [6.07, 6.45) is 0. The van der Waals surface area contributed by atoms with E-state index in [1.807, 2.05) is 0 Å². The lowest BCUT2D eigenvalue weighted by Gasteiger charge is -2.10. The second-order valence-electron chi connectivity index (χ2n) is 2.89. The molecule has 2 N–H and O–H groups in total. The topological polar surface area (TPSA) is 93.1 Å². The highest BCUT2D eigenvalue weighted by Gasteiger charge is 2.20. The SMILES string of the molecule is COc1ccc(C(=O)O)c(OC(C)=O)c1O. The van der Waals surface area contributed by atoms with Gasteiger partial charge in [-0.1, -0.05) is 0 Å². The lowest BCUT2D eigenvalue weighted by atomic mass is 10.1. The number of carbonyl (C=O) groups excluding carboxylic acids is 1. The number of methoxy groups -OCH3 is 1. The monoisotopic (exact) mass is 226 g/mol. The molecular weight excluding hydrogens is 216 g/mol. The van der Waals surface area contributed by atoms with Crippen LogP contribution in [0.3, 0.4) is 0 Å². The van der Waals surface area contributed by atoms with E-state index in [9.17, 15) is 14.7 Å². The molecule has 1 rings (SSSR count). The van der Waals surface area contributed by atoms with Crippen LogP contribution in [0.2, 0.25) is 0 Å². The summed E-state index contributed by atoms with van der Waals surface area (Å²) in [6.45, 7) is 1.10. The standard InChI is InChI=1S/C10H10O6/c1-5(11)16-9-6(10(13)14)3-4-7(15-2)8(9)12/h3-4,12H,1-2H3,(H,13,14). The summed E-state index contributed by atoms with van der Waals surface area (Å²) in [5, 5.41) is 18.4. The zero-order valence-electron chi connectivity index (χ0n) is 8.68. The lowest BCUT2D eigenvalue weighted by molar-refractivity contribution is -0.132. The number of carbonyl (C=O) groups is 2. The largest absolute Gasteiger partial charge is 0.502 e. The minimum Gasteiger partial charge on any atom is -0.502 e. The van der Waals surface area contributed by atoms with Crippen LogP contribution in [0.1, 0.15) is 17.3 Å². The van der Waals surface area contributed by atoms with Crippen molar-refractivity contribution in [1.82, 2.24) is 0 Å². The average Bonchev–Trinajstić information content (AvgIpc) is 2.19. The highest BCUT2D eigenvalue weighted by molar-refractivity contribution is 5.93. The van der Waals surface area contributed by atoms with E-state index in [4.69, 9.17) is 9.84 Å². The fourth-order valence-corrected chi connectivity index (χ4v) is 1.13. The van der Waals surface area contributed by atoms with Crippen LogP contribution in [0.4, 0.5) is 0 Å². The van der Waals surface area contributed by atoms with Crippen LogP contribution in [0.25, 0.3) is 0 Å². The molecule has 0 saturated carbocycles. The zero-order chi connectivity index (χ0) is 12.3. The van der Waals surface area contributed by atoms with E-state index in [-0.39, 0.29) is 11.3 Å². The predicted octanol–water partition coefficient (Wildman–Crippen LogP) is 1.02. The first kappa shape index (κ1) is 11.8. The maximum atomic E-state index is 10.8. The first-order valence-corrected chi connectivity index (χ1v) is 4.29. The summed E-state index contributed by atoms with van der Waals surface area (Å²) in [5.41, 5.74) is -0.312. The van der Waals surface area contributed by atoms with Crippen molar-refractivity contribution >= 4 is 11.9 Å². The van der Waals surface area contributed by atoms with Gasteiger partial charge in [0, 0.05) is 6.92 Å². The molecule has 0 atom stereocenters. The summed E-state index contributed by atoms with van der Waals surface area (Å²) in [6, 6.07) is 2.45. The molecule has 0 bridgehead atoms. The van der Waals surface area contributed by atoms with Gasteiger partial charge in [0.1, 0.15) is 5.56 Å². The molecule has 6 nitrogen and oxygen atoms in total. The first-order valence-electron chi connectivity index (χ1n) is 4.29. The Morgan fingerprint density at radius 2 is 1.94 bits per heavy atom. The molecule has 1 aromatic rings. The van der Waals surface area contributed by atoms with Gasteiger partial charge in [-0.05, 0) is 12.1 Å². The van der Waals surface area contributed by atoms with Gasteiger partial charge in [-0.15, -0.1) is 0 Å². The molecule has 0 aliphatic heterocycles. The summed E-state index contributed by atoms with van der Waals surface area (Å²) in [5.74, 6) is -2.95. The van der Waals surface area contributed by atoms with E-state index >= 15 is 0 Å². The Hall–Kier alpha value is -2.24. The maximum Gasteiger partial charge on any atom is 0.339 e. The van der Waals surface area contributed by atoms with Gasteiger partial charge >= 0.3 is 11.9 Å². The molecule has 0 aliphatic rings. The lowest BCUT2D eigenvalue weighted by Crippen LogP contribution is -2.08. The summed E-state index contributed by atoms with van der Waals surface area (Å²) in [4.78, 5) is 21.6. The molecule has 0 fully saturated rings. The molecule has 0 aromatic heterocycles. The van der Waals surface area contributed by atoms with Gasteiger partial charge in [-0.3, -0.25) is 4.79 Å². The molecule has 0 heterocycles. The molecule has 0 unspecified atom stereocenters. The van der Waals surface area contributed by atoms with Crippen molar-refractivity contribution in [2.24, 2.45) is 0 Å². The number of hydrogen-bond acceptors (Lipinski definition) is 5. The van der Waals surface area contributed by atoms with Crippen molar-refractivity contribution in [3.63, 3.8) is 0 Å². The van der Waals surface area contributed by atoms with Gasteiger partial charge in [0.25, 0.3) is 0 Å². The van der Waals surface area contributed by atoms with Crippen molar-refractivity contribution in [2.75, 3.05) is 7.11 Å². The molecule has 0 radical (unpaired) electrons. The van der Waals surface area contributed by atoms with E-state index in [0.29, 0.717) is 0 Å². The van der Waals surface area contributed by atoms with E-state index in [1.165, 1.54) is 19.2 Å². The Balaban J connectivity index is 3.36. The fourth-order valence-electron chi connectivity index (χ4n) is 1.13. The molecule has 0 spiro atoms. The summed E-state index contributed by atoms with van der Waals surface area (Å²) < 4.78 is 9.40. The number of carboxylic acid groups (broad SMARTS) is 1. The second kappa shape index (κ2) is 4.52. The van der Waals surface area contributed by atoms with Crippen LogP contribution >= 0.6 is 0 Å². The number of aromatic carboxylic acids is 1. The Labute approximate surface area is 91.0 Å².